The first kappa shape index (κ1) is 24.3. The average Bonchev–Trinajstić information content (AvgIpc) is 2.53. The van der Waals surface area contributed by atoms with Gasteiger partial charge in [0.05, 0.1) is 52.9 Å². The van der Waals surface area contributed by atoms with Crippen molar-refractivity contribution in [2.24, 2.45) is 5.92 Å². The Morgan fingerprint density at radius 2 is 1.12 bits per heavy atom. The van der Waals surface area contributed by atoms with Crippen LogP contribution in [0.1, 0.15) is 20.3 Å². The lowest BCUT2D eigenvalue weighted by Crippen LogP contribution is -2.31. The van der Waals surface area contributed by atoms with E-state index in [0.717, 1.165) is 13.2 Å². The van der Waals surface area contributed by atoms with Crippen molar-refractivity contribution in [1.82, 2.24) is 9.80 Å². The number of hydrogen-bond donors (Lipinski definition) is 0. The van der Waals surface area contributed by atoms with Crippen LogP contribution in [-0.4, -0.2) is 103 Å². The Labute approximate surface area is 153 Å². The lowest BCUT2D eigenvalue weighted by Gasteiger charge is -2.18. The first-order valence-electron chi connectivity index (χ1n) is 9.13. The minimum Gasteiger partial charge on any atom is -0.378 e. The van der Waals surface area contributed by atoms with Crippen LogP contribution in [0.4, 0.5) is 0 Å². The van der Waals surface area contributed by atoms with E-state index in [1.807, 2.05) is 35.0 Å². The van der Waals surface area contributed by atoms with Gasteiger partial charge in [0.25, 0.3) is 0 Å². The minimum atomic E-state index is 0.165. The highest BCUT2D eigenvalue weighted by Crippen LogP contribution is 2.02. The monoisotopic (exact) mass is 362 g/mol. The van der Waals surface area contributed by atoms with Crippen LogP contribution in [0.5, 0.6) is 0 Å². The molecule has 0 saturated heterocycles. The van der Waals surface area contributed by atoms with Gasteiger partial charge in [-0.15, -0.1) is 0 Å². The Morgan fingerprint density at radius 3 is 1.52 bits per heavy atom. The van der Waals surface area contributed by atoms with Gasteiger partial charge in [0.15, 0.2) is 0 Å². The van der Waals surface area contributed by atoms with Crippen molar-refractivity contribution in [1.29, 1.82) is 0 Å². The molecule has 0 spiro atoms. The van der Waals surface area contributed by atoms with Crippen LogP contribution in [0.3, 0.4) is 0 Å². The molecule has 0 radical (unpaired) electrons. The number of carbonyl (C=O) groups excluding carboxylic acids is 1. The zero-order valence-electron chi connectivity index (χ0n) is 16.8. The van der Waals surface area contributed by atoms with Crippen molar-refractivity contribution in [2.45, 2.75) is 20.3 Å². The number of amides is 1. The third-order valence-corrected chi connectivity index (χ3v) is 3.38. The molecule has 0 heterocycles. The molecule has 0 saturated carbocycles. The van der Waals surface area contributed by atoms with Crippen molar-refractivity contribution >= 4 is 5.91 Å². The van der Waals surface area contributed by atoms with Gasteiger partial charge in [-0.2, -0.15) is 0 Å². The lowest BCUT2D eigenvalue weighted by atomic mass is 10.1. The summed E-state index contributed by atoms with van der Waals surface area (Å²) in [6.45, 7) is 10.2. The Kier molecular flexibility index (Phi) is 16.2. The number of ether oxygens (including phenoxy) is 4. The molecule has 25 heavy (non-hydrogen) atoms. The quantitative estimate of drug-likeness (QED) is 0.361. The second-order valence-corrected chi connectivity index (χ2v) is 6.67. The highest BCUT2D eigenvalue weighted by molar-refractivity contribution is 5.75. The van der Waals surface area contributed by atoms with Crippen molar-refractivity contribution in [3.63, 3.8) is 0 Å². The van der Waals surface area contributed by atoms with E-state index < -0.39 is 0 Å². The molecule has 150 valence electrons. The molecule has 0 bridgehead atoms. The van der Waals surface area contributed by atoms with Gasteiger partial charge in [-0.25, -0.2) is 0 Å². The van der Waals surface area contributed by atoms with Gasteiger partial charge in [-0.1, -0.05) is 13.8 Å². The number of carbonyl (C=O) groups is 1. The highest BCUT2D eigenvalue weighted by Gasteiger charge is 2.09. The summed E-state index contributed by atoms with van der Waals surface area (Å²) in [7, 11) is 5.85. The van der Waals surface area contributed by atoms with Gasteiger partial charge in [-0.05, 0) is 20.0 Å². The zero-order chi connectivity index (χ0) is 18.9. The van der Waals surface area contributed by atoms with E-state index in [1.54, 1.807) is 4.90 Å². The lowest BCUT2D eigenvalue weighted by molar-refractivity contribution is -0.131. The molecule has 0 atom stereocenters. The number of hydrogen-bond acceptors (Lipinski definition) is 6. The minimum absolute atomic E-state index is 0.165. The number of rotatable bonds is 17. The SMILES string of the molecule is CC(C)CC(=O)N(C)CCOCCOCCOCCOCCN(C)C. The highest BCUT2D eigenvalue weighted by atomic mass is 16.6. The molecular formula is C18H38N2O5. The molecule has 0 aromatic heterocycles. The standard InChI is InChI=1S/C18H38N2O5/c1-17(2)16-18(21)20(5)7-9-23-11-13-25-15-14-24-12-10-22-8-6-19(3)4/h17H,6-16H2,1-5H3. The van der Waals surface area contributed by atoms with Gasteiger partial charge in [0, 0.05) is 26.6 Å². The third kappa shape index (κ3) is 17.9. The van der Waals surface area contributed by atoms with Crippen molar-refractivity contribution in [2.75, 3.05) is 87.1 Å². The van der Waals surface area contributed by atoms with Crippen molar-refractivity contribution in [3.05, 3.63) is 0 Å². The van der Waals surface area contributed by atoms with Gasteiger partial charge in [0.2, 0.25) is 5.91 Å². The normalized spacial score (nSPS) is 11.5. The summed E-state index contributed by atoms with van der Waals surface area (Å²) in [5.74, 6) is 0.550. The molecule has 0 unspecified atom stereocenters. The van der Waals surface area contributed by atoms with Crippen LogP contribution in [0.2, 0.25) is 0 Å². The summed E-state index contributed by atoms with van der Waals surface area (Å²) in [5.41, 5.74) is 0. The molecule has 0 aromatic carbocycles. The molecule has 0 N–H and O–H groups in total. The van der Waals surface area contributed by atoms with Gasteiger partial charge < -0.3 is 28.7 Å². The first-order chi connectivity index (χ1) is 11.9. The molecule has 0 aliphatic heterocycles. The third-order valence-electron chi connectivity index (χ3n) is 3.38. The van der Waals surface area contributed by atoms with Crippen LogP contribution in [0, 0.1) is 5.92 Å². The summed E-state index contributed by atoms with van der Waals surface area (Å²) < 4.78 is 21.7. The van der Waals surface area contributed by atoms with E-state index in [0.29, 0.717) is 65.1 Å². The molecular weight excluding hydrogens is 324 g/mol. The van der Waals surface area contributed by atoms with Crippen LogP contribution >= 0.6 is 0 Å². The molecule has 7 heteroatoms. The molecule has 0 aromatic rings. The summed E-state index contributed by atoms with van der Waals surface area (Å²) in [6.07, 6.45) is 0.584. The molecule has 0 rings (SSSR count). The van der Waals surface area contributed by atoms with Gasteiger partial charge in [-0.3, -0.25) is 4.79 Å². The second-order valence-electron chi connectivity index (χ2n) is 6.67. The Hall–Kier alpha value is -0.730. The second kappa shape index (κ2) is 16.7. The molecule has 0 aliphatic carbocycles. The summed E-state index contributed by atoms with van der Waals surface area (Å²) in [4.78, 5) is 15.6. The summed E-state index contributed by atoms with van der Waals surface area (Å²) in [5, 5.41) is 0. The fraction of sp³-hybridized carbons (Fsp3) is 0.944. The Bertz CT molecular complexity index is 314. The summed E-state index contributed by atoms with van der Waals surface area (Å²) in [6, 6.07) is 0. The van der Waals surface area contributed by atoms with Crippen molar-refractivity contribution < 1.29 is 23.7 Å². The number of likely N-dealkylation sites (N-methyl/N-ethyl adjacent to an activating group) is 2. The van der Waals surface area contributed by atoms with E-state index in [9.17, 15) is 4.79 Å². The van der Waals surface area contributed by atoms with E-state index in [4.69, 9.17) is 18.9 Å². The molecule has 7 nitrogen and oxygen atoms in total. The van der Waals surface area contributed by atoms with Gasteiger partial charge in [0.1, 0.15) is 0 Å². The van der Waals surface area contributed by atoms with Crippen LogP contribution < -0.4 is 0 Å². The molecule has 0 fully saturated rings. The maximum Gasteiger partial charge on any atom is 0.222 e. The first-order valence-corrected chi connectivity index (χ1v) is 9.13. The predicted octanol–water partition coefficient (Wildman–Crippen LogP) is 1.12. The average molecular weight is 363 g/mol. The molecule has 1 amide bonds. The largest absolute Gasteiger partial charge is 0.378 e. The van der Waals surface area contributed by atoms with Crippen LogP contribution in [0.25, 0.3) is 0 Å². The van der Waals surface area contributed by atoms with Crippen LogP contribution in [0.15, 0.2) is 0 Å². The predicted molar refractivity (Wildman–Crippen MR) is 98.9 cm³/mol. The van der Waals surface area contributed by atoms with E-state index >= 15 is 0 Å². The van der Waals surface area contributed by atoms with Gasteiger partial charge >= 0.3 is 0 Å². The topological polar surface area (TPSA) is 60.5 Å². The maximum absolute atomic E-state index is 11.8. The Balaban J connectivity index is 3.22. The fourth-order valence-corrected chi connectivity index (χ4v) is 1.84. The zero-order valence-corrected chi connectivity index (χ0v) is 16.8. The summed E-state index contributed by atoms with van der Waals surface area (Å²) >= 11 is 0. The van der Waals surface area contributed by atoms with Crippen LogP contribution in [-0.2, 0) is 23.7 Å². The Morgan fingerprint density at radius 1 is 0.720 bits per heavy atom. The maximum atomic E-state index is 11.8. The van der Waals surface area contributed by atoms with Crippen molar-refractivity contribution in [3.8, 4) is 0 Å². The van der Waals surface area contributed by atoms with E-state index in [-0.39, 0.29) is 5.91 Å². The molecule has 0 aliphatic rings. The van der Waals surface area contributed by atoms with E-state index in [1.165, 1.54) is 0 Å². The fourth-order valence-electron chi connectivity index (χ4n) is 1.84. The smallest absolute Gasteiger partial charge is 0.222 e. The van der Waals surface area contributed by atoms with E-state index in [2.05, 4.69) is 4.90 Å². The number of nitrogens with zero attached hydrogens (tertiary/aromatic N) is 2.